The fourth-order valence-electron chi connectivity index (χ4n) is 2.48. The first-order valence-corrected chi connectivity index (χ1v) is 7.39. The van der Waals surface area contributed by atoms with E-state index in [0.717, 1.165) is 16.5 Å². The highest BCUT2D eigenvalue weighted by molar-refractivity contribution is 5.97. The molecule has 0 aliphatic carbocycles. The number of methoxy groups -OCH3 is 1. The van der Waals surface area contributed by atoms with Gasteiger partial charge in [0.15, 0.2) is 0 Å². The number of hydrogen-bond donors (Lipinski definition) is 0. The second kappa shape index (κ2) is 6.26. The molecule has 2 aromatic carbocycles. The fourth-order valence-corrected chi connectivity index (χ4v) is 2.48. The summed E-state index contributed by atoms with van der Waals surface area (Å²) in [5.74, 6) is 0.171. The number of carbonyl (C=O) groups is 1. The third kappa shape index (κ3) is 2.98. The first-order valence-electron chi connectivity index (χ1n) is 7.39. The molecule has 0 radical (unpaired) electrons. The lowest BCUT2D eigenvalue weighted by Crippen LogP contribution is -2.10. The summed E-state index contributed by atoms with van der Waals surface area (Å²) in [5, 5.41) is 0.862. The summed E-state index contributed by atoms with van der Waals surface area (Å²) in [6.07, 6.45) is 0. The van der Waals surface area contributed by atoms with E-state index in [1.54, 1.807) is 13.2 Å². The van der Waals surface area contributed by atoms with Crippen LogP contribution in [0.3, 0.4) is 0 Å². The van der Waals surface area contributed by atoms with E-state index in [0.29, 0.717) is 16.9 Å². The molecule has 3 rings (SSSR count). The smallest absolute Gasteiger partial charge is 0.380 e. The first-order chi connectivity index (χ1) is 11.1. The molecule has 1 heterocycles. The molecule has 1 aromatic heterocycles. The van der Waals surface area contributed by atoms with Gasteiger partial charge in [0.2, 0.25) is 5.76 Å². The highest BCUT2D eigenvalue weighted by Crippen LogP contribution is 2.28. The Morgan fingerprint density at radius 3 is 2.61 bits per heavy atom. The maximum absolute atomic E-state index is 12.5. The summed E-state index contributed by atoms with van der Waals surface area (Å²) in [7, 11) is 1.58. The molecule has 3 aromatic rings. The van der Waals surface area contributed by atoms with Gasteiger partial charge in [0.05, 0.1) is 6.61 Å². The Labute approximate surface area is 134 Å². The van der Waals surface area contributed by atoms with Crippen molar-refractivity contribution in [3.63, 3.8) is 0 Å². The lowest BCUT2D eigenvalue weighted by molar-refractivity contribution is 0.0697. The van der Waals surface area contributed by atoms with Gasteiger partial charge in [-0.05, 0) is 43.2 Å². The van der Waals surface area contributed by atoms with Gasteiger partial charge in [-0.2, -0.15) is 0 Å². The van der Waals surface area contributed by atoms with Crippen molar-refractivity contribution in [1.29, 1.82) is 0 Å². The molecular weight excluding hydrogens is 292 g/mol. The number of aryl methyl sites for hydroxylation is 2. The number of esters is 1. The Balaban J connectivity index is 1.96. The molecule has 0 saturated carbocycles. The Morgan fingerprint density at radius 1 is 1.09 bits per heavy atom. The molecule has 0 fully saturated rings. The molecule has 0 bridgehead atoms. The zero-order valence-electron chi connectivity index (χ0n) is 13.4. The lowest BCUT2D eigenvalue weighted by Gasteiger charge is -2.06. The van der Waals surface area contributed by atoms with Gasteiger partial charge in [0.1, 0.15) is 11.3 Å². The fraction of sp³-hybridized carbons (Fsp3) is 0.211. The predicted molar refractivity (Wildman–Crippen MR) is 87.8 cm³/mol. The van der Waals surface area contributed by atoms with Crippen LogP contribution in [0, 0.1) is 13.8 Å². The minimum atomic E-state index is -0.517. The molecule has 0 unspecified atom stereocenters. The van der Waals surface area contributed by atoms with Gasteiger partial charge >= 0.3 is 5.97 Å². The van der Waals surface area contributed by atoms with Crippen LogP contribution >= 0.6 is 0 Å². The van der Waals surface area contributed by atoms with Gasteiger partial charge in [-0.3, -0.25) is 0 Å². The Morgan fingerprint density at radius 2 is 1.87 bits per heavy atom. The number of hydrogen-bond acceptors (Lipinski definition) is 4. The van der Waals surface area contributed by atoms with Crippen LogP contribution in [0.1, 0.15) is 27.2 Å². The average Bonchev–Trinajstić information content (AvgIpc) is 2.90. The van der Waals surface area contributed by atoms with Crippen molar-refractivity contribution in [2.24, 2.45) is 0 Å². The summed E-state index contributed by atoms with van der Waals surface area (Å²) in [6.45, 7) is 4.27. The van der Waals surface area contributed by atoms with Crippen LogP contribution in [0.4, 0.5) is 0 Å². The van der Waals surface area contributed by atoms with Crippen molar-refractivity contribution in [1.82, 2.24) is 0 Å². The van der Waals surface area contributed by atoms with Gasteiger partial charge in [0, 0.05) is 18.1 Å². The summed E-state index contributed by atoms with van der Waals surface area (Å²) in [6, 6.07) is 13.0. The van der Waals surface area contributed by atoms with Gasteiger partial charge in [-0.15, -0.1) is 0 Å². The topological polar surface area (TPSA) is 48.7 Å². The zero-order valence-corrected chi connectivity index (χ0v) is 13.4. The van der Waals surface area contributed by atoms with E-state index in [1.165, 1.54) is 0 Å². The average molecular weight is 310 g/mol. The van der Waals surface area contributed by atoms with E-state index in [1.807, 2.05) is 50.2 Å². The molecule has 23 heavy (non-hydrogen) atoms. The molecule has 0 amide bonds. The van der Waals surface area contributed by atoms with Crippen LogP contribution < -0.4 is 4.74 Å². The monoisotopic (exact) mass is 310 g/mol. The maximum Gasteiger partial charge on any atom is 0.380 e. The Hall–Kier alpha value is -2.59. The second-order valence-electron chi connectivity index (χ2n) is 5.47. The van der Waals surface area contributed by atoms with Crippen LogP contribution in [-0.4, -0.2) is 13.1 Å². The van der Waals surface area contributed by atoms with E-state index < -0.39 is 5.97 Å². The zero-order chi connectivity index (χ0) is 16.4. The van der Waals surface area contributed by atoms with Crippen molar-refractivity contribution in [3.05, 3.63) is 64.9 Å². The van der Waals surface area contributed by atoms with E-state index in [4.69, 9.17) is 13.9 Å². The SMILES string of the molecule is COCc1c(C(=O)Oc2ccc(C)c(C)c2)oc2ccccc12. The van der Waals surface area contributed by atoms with Crippen molar-refractivity contribution in [3.8, 4) is 5.75 Å². The minimum absolute atomic E-state index is 0.186. The maximum atomic E-state index is 12.5. The van der Waals surface area contributed by atoms with Gasteiger partial charge in [-0.25, -0.2) is 4.79 Å². The number of ether oxygens (including phenoxy) is 2. The van der Waals surface area contributed by atoms with Crippen molar-refractivity contribution >= 4 is 16.9 Å². The van der Waals surface area contributed by atoms with E-state index in [-0.39, 0.29) is 12.4 Å². The van der Waals surface area contributed by atoms with E-state index >= 15 is 0 Å². The van der Waals surface area contributed by atoms with E-state index in [9.17, 15) is 4.79 Å². The molecule has 0 spiro atoms. The molecule has 0 aliphatic heterocycles. The number of fused-ring (bicyclic) bond motifs is 1. The third-order valence-corrected chi connectivity index (χ3v) is 3.86. The van der Waals surface area contributed by atoms with Gasteiger partial charge in [0.25, 0.3) is 0 Å². The number of rotatable bonds is 4. The molecule has 0 N–H and O–H groups in total. The second-order valence-corrected chi connectivity index (χ2v) is 5.47. The summed E-state index contributed by atoms with van der Waals surface area (Å²) >= 11 is 0. The van der Waals surface area contributed by atoms with Crippen molar-refractivity contribution in [2.75, 3.05) is 7.11 Å². The lowest BCUT2D eigenvalue weighted by atomic mass is 10.1. The molecule has 0 saturated heterocycles. The van der Waals surface area contributed by atoms with Crippen LogP contribution in [0.15, 0.2) is 46.9 Å². The summed E-state index contributed by atoms with van der Waals surface area (Å²) in [5.41, 5.74) is 3.56. The first kappa shape index (κ1) is 15.3. The quantitative estimate of drug-likeness (QED) is 0.529. The summed E-state index contributed by atoms with van der Waals surface area (Å²) in [4.78, 5) is 12.5. The van der Waals surface area contributed by atoms with Crippen molar-refractivity contribution < 1.29 is 18.7 Å². The minimum Gasteiger partial charge on any atom is -0.449 e. The molecule has 118 valence electrons. The van der Waals surface area contributed by atoms with Crippen LogP contribution in [-0.2, 0) is 11.3 Å². The normalized spacial score (nSPS) is 10.9. The highest BCUT2D eigenvalue weighted by atomic mass is 16.5. The van der Waals surface area contributed by atoms with Gasteiger partial charge < -0.3 is 13.9 Å². The molecular formula is C19H18O4. The Bertz CT molecular complexity index is 861. The number of carbonyl (C=O) groups excluding carboxylic acids is 1. The van der Waals surface area contributed by atoms with Crippen LogP contribution in [0.5, 0.6) is 5.75 Å². The van der Waals surface area contributed by atoms with E-state index in [2.05, 4.69) is 0 Å². The number of furan rings is 1. The molecule has 4 heteroatoms. The highest BCUT2D eigenvalue weighted by Gasteiger charge is 2.22. The standard InChI is InChI=1S/C19H18O4/c1-12-8-9-14(10-13(12)2)22-19(20)18-16(11-21-3)15-6-4-5-7-17(15)23-18/h4-10H,11H2,1-3H3. The molecule has 0 atom stereocenters. The van der Waals surface area contributed by atoms with Gasteiger partial charge in [-0.1, -0.05) is 24.3 Å². The van der Waals surface area contributed by atoms with Crippen LogP contribution in [0.25, 0.3) is 11.0 Å². The largest absolute Gasteiger partial charge is 0.449 e. The number of para-hydroxylation sites is 1. The predicted octanol–water partition coefficient (Wildman–Crippen LogP) is 4.42. The molecule has 0 aliphatic rings. The van der Waals surface area contributed by atoms with Crippen molar-refractivity contribution in [2.45, 2.75) is 20.5 Å². The third-order valence-electron chi connectivity index (χ3n) is 3.86. The molecule has 4 nitrogen and oxygen atoms in total. The Kier molecular flexibility index (Phi) is 4.17. The number of benzene rings is 2. The van der Waals surface area contributed by atoms with Crippen LogP contribution in [0.2, 0.25) is 0 Å². The summed E-state index contributed by atoms with van der Waals surface area (Å²) < 4.78 is 16.4.